The molecule has 0 aromatic carbocycles. The minimum atomic E-state index is -3.55. The Kier molecular flexibility index (Phi) is 2.37. The van der Waals surface area contributed by atoms with Gasteiger partial charge in [-0.3, -0.25) is 9.82 Å². The fraction of sp³-hybridized carbons (Fsp3) is 0. The molecular weight excluding hydrogens is 236 g/mol. The van der Waals surface area contributed by atoms with Crippen LogP contribution >= 0.6 is 11.3 Å². The predicted octanol–water partition coefficient (Wildman–Crippen LogP) is 0.854. The molecule has 2 aromatic rings. The van der Waals surface area contributed by atoms with E-state index in [-0.39, 0.29) is 15.7 Å². The zero-order valence-electron chi connectivity index (χ0n) is 7.47. The Bertz CT molecular complexity index is 543. The molecule has 15 heavy (non-hydrogen) atoms. The summed E-state index contributed by atoms with van der Waals surface area (Å²) in [5.41, 5.74) is 5.74. The Balaban J connectivity index is 2.31. The normalized spacial score (nSPS) is 11.5. The van der Waals surface area contributed by atoms with Crippen LogP contribution in [-0.4, -0.2) is 18.6 Å². The Morgan fingerprint density at radius 2 is 2.33 bits per heavy atom. The smallest absolute Gasteiger partial charge is 0.272 e. The van der Waals surface area contributed by atoms with Crippen LogP contribution in [-0.2, 0) is 10.0 Å². The SMILES string of the molecule is Nc1cn[nH]c1NS(=O)(=O)c1cccs1. The van der Waals surface area contributed by atoms with Crippen LogP contribution in [0.4, 0.5) is 11.5 Å². The maximum Gasteiger partial charge on any atom is 0.272 e. The van der Waals surface area contributed by atoms with E-state index in [0.717, 1.165) is 11.3 Å². The molecule has 6 nitrogen and oxygen atoms in total. The van der Waals surface area contributed by atoms with E-state index in [1.807, 2.05) is 0 Å². The summed E-state index contributed by atoms with van der Waals surface area (Å²) >= 11 is 1.13. The predicted molar refractivity (Wildman–Crippen MR) is 58.1 cm³/mol. The van der Waals surface area contributed by atoms with Crippen molar-refractivity contribution in [3.63, 3.8) is 0 Å². The summed E-state index contributed by atoms with van der Waals surface area (Å²) in [5, 5.41) is 7.76. The summed E-state index contributed by atoms with van der Waals surface area (Å²) in [6.07, 6.45) is 1.34. The highest BCUT2D eigenvalue weighted by Gasteiger charge is 2.16. The zero-order chi connectivity index (χ0) is 10.9. The third kappa shape index (κ3) is 1.95. The number of nitrogen functional groups attached to an aromatic ring is 1. The molecule has 0 saturated carbocycles. The first-order chi connectivity index (χ1) is 7.09. The largest absolute Gasteiger partial charge is 0.394 e. The fourth-order valence-corrected chi connectivity index (χ4v) is 3.02. The monoisotopic (exact) mass is 244 g/mol. The summed E-state index contributed by atoms with van der Waals surface area (Å²) in [6, 6.07) is 3.18. The maximum atomic E-state index is 11.7. The first-order valence-corrected chi connectivity index (χ1v) is 6.31. The third-order valence-corrected chi connectivity index (χ3v) is 4.41. The van der Waals surface area contributed by atoms with Crippen molar-refractivity contribution in [3.8, 4) is 0 Å². The van der Waals surface area contributed by atoms with Crippen LogP contribution in [0.3, 0.4) is 0 Å². The Hall–Kier alpha value is -1.54. The van der Waals surface area contributed by atoms with Crippen molar-refractivity contribution in [2.45, 2.75) is 4.21 Å². The van der Waals surface area contributed by atoms with Crippen molar-refractivity contribution >= 4 is 32.9 Å². The Labute approximate surface area is 90.2 Å². The topological polar surface area (TPSA) is 101 Å². The number of nitrogens with zero attached hydrogens (tertiary/aromatic N) is 1. The van der Waals surface area contributed by atoms with Crippen LogP contribution in [0.5, 0.6) is 0 Å². The van der Waals surface area contributed by atoms with Crippen molar-refractivity contribution in [2.24, 2.45) is 0 Å². The number of nitrogens with one attached hydrogen (secondary N) is 2. The lowest BCUT2D eigenvalue weighted by atomic mass is 10.6. The molecule has 0 aliphatic heterocycles. The molecule has 0 bridgehead atoms. The van der Waals surface area contributed by atoms with Gasteiger partial charge in [0.05, 0.1) is 11.9 Å². The van der Waals surface area contributed by atoms with Gasteiger partial charge in [-0.25, -0.2) is 8.42 Å². The van der Waals surface area contributed by atoms with Gasteiger partial charge in [0.1, 0.15) is 4.21 Å². The summed E-state index contributed by atoms with van der Waals surface area (Å²) in [6.45, 7) is 0. The zero-order valence-corrected chi connectivity index (χ0v) is 9.10. The van der Waals surface area contributed by atoms with E-state index in [4.69, 9.17) is 5.73 Å². The fourth-order valence-electron chi connectivity index (χ4n) is 0.978. The summed E-state index contributed by atoms with van der Waals surface area (Å²) in [5.74, 6) is 0.184. The van der Waals surface area contributed by atoms with Gasteiger partial charge < -0.3 is 5.73 Å². The number of thiophene rings is 1. The van der Waals surface area contributed by atoms with E-state index >= 15 is 0 Å². The molecule has 0 aliphatic carbocycles. The lowest BCUT2D eigenvalue weighted by Gasteiger charge is -2.03. The summed E-state index contributed by atoms with van der Waals surface area (Å²) in [7, 11) is -3.55. The highest BCUT2D eigenvalue weighted by Crippen LogP contribution is 2.21. The molecular formula is C7H8N4O2S2. The summed E-state index contributed by atoms with van der Waals surface area (Å²) < 4.78 is 26.0. The van der Waals surface area contributed by atoms with Gasteiger partial charge in [-0.2, -0.15) is 5.10 Å². The lowest BCUT2D eigenvalue weighted by molar-refractivity contribution is 0.603. The molecule has 2 rings (SSSR count). The van der Waals surface area contributed by atoms with E-state index in [1.54, 1.807) is 11.4 Å². The van der Waals surface area contributed by atoms with Gasteiger partial charge in [-0.15, -0.1) is 11.3 Å². The second-order valence-electron chi connectivity index (χ2n) is 2.74. The number of hydrogen-bond donors (Lipinski definition) is 3. The van der Waals surface area contributed by atoms with Gasteiger partial charge in [0, 0.05) is 0 Å². The van der Waals surface area contributed by atoms with Crippen LogP contribution in [0, 0.1) is 0 Å². The van der Waals surface area contributed by atoms with Crippen LogP contribution < -0.4 is 10.5 Å². The van der Waals surface area contributed by atoms with Crippen LogP contribution in [0.1, 0.15) is 0 Å². The van der Waals surface area contributed by atoms with Gasteiger partial charge in [-0.1, -0.05) is 6.07 Å². The lowest BCUT2D eigenvalue weighted by Crippen LogP contribution is -2.12. The van der Waals surface area contributed by atoms with E-state index < -0.39 is 10.0 Å². The number of hydrogen-bond acceptors (Lipinski definition) is 5. The molecule has 0 amide bonds. The van der Waals surface area contributed by atoms with Gasteiger partial charge in [0.15, 0.2) is 5.82 Å². The number of nitrogens with two attached hydrogens (primary N) is 1. The van der Waals surface area contributed by atoms with E-state index in [0.29, 0.717) is 0 Å². The number of H-pyrrole nitrogens is 1. The maximum absolute atomic E-state index is 11.7. The molecule has 0 atom stereocenters. The summed E-state index contributed by atoms with van der Waals surface area (Å²) in [4.78, 5) is 0. The number of sulfonamides is 1. The second kappa shape index (κ2) is 3.55. The minimum absolute atomic E-state index is 0.184. The van der Waals surface area contributed by atoms with E-state index in [2.05, 4.69) is 14.9 Å². The van der Waals surface area contributed by atoms with Gasteiger partial charge in [0.25, 0.3) is 10.0 Å². The molecule has 2 aromatic heterocycles. The minimum Gasteiger partial charge on any atom is -0.394 e. The quantitative estimate of drug-likeness (QED) is 0.745. The molecule has 8 heteroatoms. The number of rotatable bonds is 3. The van der Waals surface area contributed by atoms with Crippen molar-refractivity contribution in [1.29, 1.82) is 0 Å². The van der Waals surface area contributed by atoms with Crippen LogP contribution in [0.15, 0.2) is 27.9 Å². The van der Waals surface area contributed by atoms with Crippen molar-refractivity contribution in [3.05, 3.63) is 23.7 Å². The Morgan fingerprint density at radius 1 is 1.53 bits per heavy atom. The molecule has 0 spiro atoms. The molecule has 80 valence electrons. The van der Waals surface area contributed by atoms with Crippen LogP contribution in [0.25, 0.3) is 0 Å². The molecule has 0 fully saturated rings. The number of anilines is 2. The third-order valence-electron chi connectivity index (χ3n) is 1.67. The molecule has 0 unspecified atom stereocenters. The van der Waals surface area contributed by atoms with Crippen molar-refractivity contribution in [1.82, 2.24) is 10.2 Å². The number of aromatic nitrogens is 2. The van der Waals surface area contributed by atoms with Crippen molar-refractivity contribution < 1.29 is 8.42 Å². The molecule has 4 N–H and O–H groups in total. The first-order valence-electron chi connectivity index (χ1n) is 3.95. The van der Waals surface area contributed by atoms with E-state index in [1.165, 1.54) is 12.3 Å². The molecule has 0 aliphatic rings. The molecule has 0 radical (unpaired) electrons. The van der Waals surface area contributed by atoms with Crippen LogP contribution in [0.2, 0.25) is 0 Å². The first kappa shape index (κ1) is 9.99. The number of aromatic amines is 1. The average molecular weight is 244 g/mol. The average Bonchev–Trinajstić information content (AvgIpc) is 2.77. The highest BCUT2D eigenvalue weighted by molar-refractivity contribution is 7.94. The van der Waals surface area contributed by atoms with Gasteiger partial charge in [0.2, 0.25) is 0 Å². The standard InChI is InChI=1S/C7H8N4O2S2/c8-5-4-9-10-7(5)11-15(12,13)6-2-1-3-14-6/h1-4H,8H2,(H2,9,10,11). The van der Waals surface area contributed by atoms with Crippen molar-refractivity contribution in [2.75, 3.05) is 10.5 Å². The van der Waals surface area contributed by atoms with Gasteiger partial charge >= 0.3 is 0 Å². The molecule has 0 saturated heterocycles. The Morgan fingerprint density at radius 3 is 2.87 bits per heavy atom. The highest BCUT2D eigenvalue weighted by atomic mass is 32.2. The molecule has 2 heterocycles. The second-order valence-corrected chi connectivity index (χ2v) is 5.59. The van der Waals surface area contributed by atoms with Gasteiger partial charge in [-0.05, 0) is 11.4 Å². The van der Waals surface area contributed by atoms with E-state index in [9.17, 15) is 8.42 Å².